The van der Waals surface area contributed by atoms with Gasteiger partial charge in [-0.3, -0.25) is 4.79 Å². The van der Waals surface area contributed by atoms with Crippen LogP contribution in [0, 0.1) is 11.7 Å². The number of anilines is 1. The van der Waals surface area contributed by atoms with Crippen molar-refractivity contribution >= 4 is 23.5 Å². The number of thioether (sulfide) groups is 1. The molecule has 23 heavy (non-hydrogen) atoms. The third kappa shape index (κ3) is 3.59. The van der Waals surface area contributed by atoms with Gasteiger partial charge in [0.05, 0.1) is 11.6 Å². The molecule has 0 N–H and O–H groups in total. The van der Waals surface area contributed by atoms with Crippen LogP contribution >= 0.6 is 11.8 Å². The van der Waals surface area contributed by atoms with Gasteiger partial charge in [-0.25, -0.2) is 14.4 Å². The normalized spacial score (nSPS) is 22.3. The SMILES string of the molecule is CCc1ncnc(N2CCCC(C(=O)N3CCSCC3)C2)c1F. The number of aromatic nitrogens is 2. The number of aryl methyl sites for hydroxylation is 1. The van der Waals surface area contributed by atoms with Gasteiger partial charge in [-0.15, -0.1) is 0 Å². The van der Waals surface area contributed by atoms with E-state index in [1.165, 1.54) is 6.33 Å². The Balaban J connectivity index is 1.72. The van der Waals surface area contributed by atoms with Crippen molar-refractivity contribution in [2.75, 3.05) is 42.6 Å². The number of carbonyl (C=O) groups excluding carboxylic acids is 1. The van der Waals surface area contributed by atoms with Crippen LogP contribution in [0.25, 0.3) is 0 Å². The molecule has 0 radical (unpaired) electrons. The molecular weight excluding hydrogens is 315 g/mol. The molecule has 1 amide bonds. The molecule has 3 rings (SSSR count). The standard InChI is InChI=1S/C16H23FN4OS/c1-2-13-14(17)15(19-11-18-13)21-5-3-4-12(10-21)16(22)20-6-8-23-9-7-20/h11-12H,2-10H2,1H3. The summed E-state index contributed by atoms with van der Waals surface area (Å²) in [6.45, 7) is 4.85. The van der Waals surface area contributed by atoms with Crippen LogP contribution in [-0.4, -0.2) is 58.5 Å². The quantitative estimate of drug-likeness (QED) is 0.843. The second-order valence-corrected chi connectivity index (χ2v) is 7.26. The van der Waals surface area contributed by atoms with Crippen LogP contribution < -0.4 is 4.90 Å². The average Bonchev–Trinajstić information content (AvgIpc) is 2.62. The van der Waals surface area contributed by atoms with Crippen LogP contribution in [0.15, 0.2) is 6.33 Å². The molecule has 1 atom stereocenters. The zero-order valence-electron chi connectivity index (χ0n) is 13.5. The van der Waals surface area contributed by atoms with Gasteiger partial charge in [0.2, 0.25) is 5.91 Å². The lowest BCUT2D eigenvalue weighted by atomic mass is 9.96. The maximum Gasteiger partial charge on any atom is 0.227 e. The van der Waals surface area contributed by atoms with E-state index in [2.05, 4.69) is 9.97 Å². The lowest BCUT2D eigenvalue weighted by molar-refractivity contribution is -0.135. The molecular formula is C16H23FN4OS. The first-order chi connectivity index (χ1) is 11.2. The largest absolute Gasteiger partial charge is 0.353 e. The Morgan fingerprint density at radius 3 is 2.87 bits per heavy atom. The first kappa shape index (κ1) is 16.5. The summed E-state index contributed by atoms with van der Waals surface area (Å²) < 4.78 is 14.5. The van der Waals surface area contributed by atoms with Crippen molar-refractivity contribution in [3.8, 4) is 0 Å². The average molecular weight is 338 g/mol. The van der Waals surface area contributed by atoms with Crippen molar-refractivity contribution in [3.63, 3.8) is 0 Å². The highest BCUT2D eigenvalue weighted by Gasteiger charge is 2.31. The van der Waals surface area contributed by atoms with Crippen LogP contribution in [0.1, 0.15) is 25.5 Å². The minimum absolute atomic E-state index is 0.0497. The van der Waals surface area contributed by atoms with Gasteiger partial charge < -0.3 is 9.80 Å². The van der Waals surface area contributed by atoms with Crippen LogP contribution in [0.3, 0.4) is 0 Å². The van der Waals surface area contributed by atoms with E-state index in [1.54, 1.807) is 0 Å². The van der Waals surface area contributed by atoms with Gasteiger partial charge in [-0.2, -0.15) is 11.8 Å². The monoisotopic (exact) mass is 338 g/mol. The smallest absolute Gasteiger partial charge is 0.227 e. The Kier molecular flexibility index (Phi) is 5.35. The van der Waals surface area contributed by atoms with Gasteiger partial charge in [0.1, 0.15) is 6.33 Å². The second-order valence-electron chi connectivity index (χ2n) is 6.03. The van der Waals surface area contributed by atoms with Crippen molar-refractivity contribution < 1.29 is 9.18 Å². The molecule has 2 aliphatic heterocycles. The lowest BCUT2D eigenvalue weighted by Crippen LogP contribution is -2.47. The molecule has 126 valence electrons. The van der Waals surface area contributed by atoms with E-state index in [0.717, 1.165) is 44.0 Å². The highest BCUT2D eigenvalue weighted by Crippen LogP contribution is 2.26. The Hall–Kier alpha value is -1.37. The van der Waals surface area contributed by atoms with Crippen LogP contribution in [0.4, 0.5) is 10.2 Å². The molecule has 7 heteroatoms. The Labute approximate surface area is 140 Å². The van der Waals surface area contributed by atoms with Crippen molar-refractivity contribution in [2.45, 2.75) is 26.2 Å². The molecule has 1 aromatic rings. The first-order valence-electron chi connectivity index (χ1n) is 8.31. The maximum atomic E-state index is 14.5. The van der Waals surface area contributed by atoms with Crippen LogP contribution in [-0.2, 0) is 11.2 Å². The molecule has 0 saturated carbocycles. The number of hydrogen-bond acceptors (Lipinski definition) is 5. The molecule has 0 bridgehead atoms. The molecule has 1 unspecified atom stereocenters. The van der Waals surface area contributed by atoms with E-state index in [-0.39, 0.29) is 17.6 Å². The molecule has 0 aliphatic carbocycles. The summed E-state index contributed by atoms with van der Waals surface area (Å²) in [6, 6.07) is 0. The molecule has 2 aliphatic rings. The van der Waals surface area contributed by atoms with Crippen LogP contribution in [0.5, 0.6) is 0 Å². The lowest BCUT2D eigenvalue weighted by Gasteiger charge is -2.36. The van der Waals surface area contributed by atoms with E-state index >= 15 is 0 Å². The van der Waals surface area contributed by atoms with E-state index in [0.29, 0.717) is 24.5 Å². The summed E-state index contributed by atoms with van der Waals surface area (Å²) in [6.07, 6.45) is 3.74. The third-order valence-corrected chi connectivity index (χ3v) is 5.51. The molecule has 1 aromatic heterocycles. The minimum atomic E-state index is -0.336. The number of hydrogen-bond donors (Lipinski definition) is 0. The Morgan fingerprint density at radius 1 is 1.35 bits per heavy atom. The molecule has 2 fully saturated rings. The van der Waals surface area contributed by atoms with E-state index < -0.39 is 0 Å². The summed E-state index contributed by atoms with van der Waals surface area (Å²) in [5.74, 6) is 2.22. The maximum absolute atomic E-state index is 14.5. The predicted molar refractivity (Wildman–Crippen MR) is 90.2 cm³/mol. The fourth-order valence-electron chi connectivity index (χ4n) is 3.28. The highest BCUT2D eigenvalue weighted by molar-refractivity contribution is 7.99. The number of piperidine rings is 1. The molecule has 2 saturated heterocycles. The summed E-state index contributed by atoms with van der Waals surface area (Å²) in [7, 11) is 0. The number of amides is 1. The topological polar surface area (TPSA) is 49.3 Å². The van der Waals surface area contributed by atoms with Gasteiger partial charge in [0.25, 0.3) is 0 Å². The van der Waals surface area contributed by atoms with Crippen molar-refractivity contribution in [2.24, 2.45) is 5.92 Å². The van der Waals surface area contributed by atoms with Crippen molar-refractivity contribution in [3.05, 3.63) is 17.8 Å². The Morgan fingerprint density at radius 2 is 2.13 bits per heavy atom. The number of rotatable bonds is 3. The van der Waals surface area contributed by atoms with Crippen LogP contribution in [0.2, 0.25) is 0 Å². The summed E-state index contributed by atoms with van der Waals surface area (Å²) >= 11 is 1.90. The van der Waals surface area contributed by atoms with Crippen molar-refractivity contribution in [1.82, 2.24) is 14.9 Å². The minimum Gasteiger partial charge on any atom is -0.353 e. The van der Waals surface area contributed by atoms with E-state index in [4.69, 9.17) is 0 Å². The third-order valence-electron chi connectivity index (χ3n) is 4.57. The first-order valence-corrected chi connectivity index (χ1v) is 9.47. The fraction of sp³-hybridized carbons (Fsp3) is 0.688. The number of nitrogens with zero attached hydrogens (tertiary/aromatic N) is 4. The second kappa shape index (κ2) is 7.47. The van der Waals surface area contributed by atoms with Gasteiger partial charge in [0, 0.05) is 37.7 Å². The summed E-state index contributed by atoms with van der Waals surface area (Å²) in [5.41, 5.74) is 0.441. The zero-order chi connectivity index (χ0) is 16.2. The number of carbonyl (C=O) groups is 1. The highest BCUT2D eigenvalue weighted by atomic mass is 32.2. The van der Waals surface area contributed by atoms with E-state index in [1.807, 2.05) is 28.5 Å². The van der Waals surface area contributed by atoms with Gasteiger partial charge in [-0.1, -0.05) is 6.92 Å². The summed E-state index contributed by atoms with van der Waals surface area (Å²) in [5, 5.41) is 0. The van der Waals surface area contributed by atoms with Gasteiger partial charge in [-0.05, 0) is 19.3 Å². The van der Waals surface area contributed by atoms with Crippen molar-refractivity contribution in [1.29, 1.82) is 0 Å². The molecule has 0 spiro atoms. The molecule has 0 aromatic carbocycles. The zero-order valence-corrected chi connectivity index (χ0v) is 14.3. The summed E-state index contributed by atoms with van der Waals surface area (Å²) in [4.78, 5) is 24.7. The Bertz CT molecular complexity index is 565. The predicted octanol–water partition coefficient (Wildman–Crippen LogP) is 1.97. The van der Waals surface area contributed by atoms with E-state index in [9.17, 15) is 9.18 Å². The number of halogens is 1. The molecule has 3 heterocycles. The van der Waals surface area contributed by atoms with Gasteiger partial charge in [0.15, 0.2) is 11.6 Å². The fourth-order valence-corrected chi connectivity index (χ4v) is 4.18. The van der Waals surface area contributed by atoms with Gasteiger partial charge >= 0.3 is 0 Å². The molecule has 5 nitrogen and oxygen atoms in total.